The van der Waals surface area contributed by atoms with Crippen molar-refractivity contribution < 1.29 is 8.78 Å². The van der Waals surface area contributed by atoms with E-state index < -0.39 is 11.6 Å². The third-order valence-corrected chi connectivity index (χ3v) is 3.76. The highest BCUT2D eigenvalue weighted by atomic mass is 35.5. The highest BCUT2D eigenvalue weighted by Gasteiger charge is 2.19. The first kappa shape index (κ1) is 12.5. The fraction of sp³-hybridized carbons (Fsp3) is 0.167. The molecule has 1 aromatic heterocycles. The molecule has 0 aliphatic carbocycles. The number of halogens is 3. The summed E-state index contributed by atoms with van der Waals surface area (Å²) in [5, 5.41) is 2.96. The molecule has 0 bridgehead atoms. The van der Waals surface area contributed by atoms with Crippen molar-refractivity contribution in [1.82, 2.24) is 5.32 Å². The molecule has 0 fully saturated rings. The minimum absolute atomic E-state index is 0.283. The first-order valence-electron chi connectivity index (χ1n) is 5.00. The van der Waals surface area contributed by atoms with Gasteiger partial charge in [-0.05, 0) is 25.2 Å². The van der Waals surface area contributed by atoms with Gasteiger partial charge in [0.25, 0.3) is 0 Å². The van der Waals surface area contributed by atoms with Crippen LogP contribution in [-0.2, 0) is 0 Å². The molecule has 0 amide bonds. The number of hydrogen-bond donors (Lipinski definition) is 1. The molecule has 5 heteroatoms. The Morgan fingerprint density at radius 3 is 2.59 bits per heavy atom. The van der Waals surface area contributed by atoms with Crippen LogP contribution in [0, 0.1) is 11.6 Å². The number of benzene rings is 1. The van der Waals surface area contributed by atoms with Crippen molar-refractivity contribution in [2.24, 2.45) is 0 Å². The van der Waals surface area contributed by atoms with Gasteiger partial charge in [0.2, 0.25) is 0 Å². The van der Waals surface area contributed by atoms with Gasteiger partial charge in [0.1, 0.15) is 0 Å². The zero-order valence-electron chi connectivity index (χ0n) is 9.01. The average molecular weight is 274 g/mol. The SMILES string of the molecule is CNC(c1ccc(Cl)s1)c1cccc(F)c1F. The van der Waals surface area contributed by atoms with E-state index in [1.54, 1.807) is 25.2 Å². The van der Waals surface area contributed by atoms with Crippen LogP contribution in [0.1, 0.15) is 16.5 Å². The number of rotatable bonds is 3. The van der Waals surface area contributed by atoms with Crippen LogP contribution in [0.25, 0.3) is 0 Å². The molecule has 90 valence electrons. The van der Waals surface area contributed by atoms with Crippen molar-refractivity contribution in [3.05, 3.63) is 56.7 Å². The van der Waals surface area contributed by atoms with Crippen molar-refractivity contribution in [2.75, 3.05) is 7.05 Å². The maximum absolute atomic E-state index is 13.7. The van der Waals surface area contributed by atoms with Crippen LogP contribution in [0.2, 0.25) is 4.34 Å². The summed E-state index contributed by atoms with van der Waals surface area (Å²) in [7, 11) is 1.70. The molecule has 1 heterocycles. The molecule has 0 aliphatic heterocycles. The van der Waals surface area contributed by atoms with Crippen molar-refractivity contribution in [1.29, 1.82) is 0 Å². The van der Waals surface area contributed by atoms with Gasteiger partial charge in [0, 0.05) is 10.4 Å². The van der Waals surface area contributed by atoms with E-state index in [4.69, 9.17) is 11.6 Å². The van der Waals surface area contributed by atoms with Crippen molar-refractivity contribution in [2.45, 2.75) is 6.04 Å². The second kappa shape index (κ2) is 5.12. The quantitative estimate of drug-likeness (QED) is 0.892. The standard InChI is InChI=1S/C12H10ClF2NS/c1-16-12(9-5-6-10(13)17-9)7-3-2-4-8(14)11(7)15/h2-6,12,16H,1H3. The second-order valence-electron chi connectivity index (χ2n) is 3.51. The Balaban J connectivity index is 2.45. The molecule has 1 nitrogen and oxygen atoms in total. The van der Waals surface area contributed by atoms with Crippen LogP contribution in [0.5, 0.6) is 0 Å². The zero-order valence-corrected chi connectivity index (χ0v) is 10.6. The van der Waals surface area contributed by atoms with Crippen molar-refractivity contribution >= 4 is 22.9 Å². The van der Waals surface area contributed by atoms with Crippen LogP contribution in [0.4, 0.5) is 8.78 Å². The Hall–Kier alpha value is -0.970. The van der Waals surface area contributed by atoms with Gasteiger partial charge in [0.15, 0.2) is 11.6 Å². The van der Waals surface area contributed by atoms with Gasteiger partial charge in [-0.2, -0.15) is 0 Å². The average Bonchev–Trinajstić information content (AvgIpc) is 2.72. The number of nitrogens with one attached hydrogen (secondary N) is 1. The smallest absolute Gasteiger partial charge is 0.163 e. The summed E-state index contributed by atoms with van der Waals surface area (Å²) in [4.78, 5) is 0.849. The summed E-state index contributed by atoms with van der Waals surface area (Å²) in [5.41, 5.74) is 0.283. The minimum Gasteiger partial charge on any atom is -0.309 e. The van der Waals surface area contributed by atoms with Crippen LogP contribution < -0.4 is 5.32 Å². The highest BCUT2D eigenvalue weighted by Crippen LogP contribution is 2.32. The normalized spacial score (nSPS) is 12.7. The number of thiophene rings is 1. The summed E-state index contributed by atoms with van der Waals surface area (Å²) >= 11 is 7.19. The monoisotopic (exact) mass is 273 g/mol. The fourth-order valence-electron chi connectivity index (χ4n) is 1.68. The molecule has 2 rings (SSSR count). The summed E-state index contributed by atoms with van der Waals surface area (Å²) in [6, 6.07) is 7.32. The van der Waals surface area contributed by atoms with Gasteiger partial charge in [-0.15, -0.1) is 11.3 Å². The lowest BCUT2D eigenvalue weighted by atomic mass is 10.0. The minimum atomic E-state index is -0.842. The molecule has 1 atom stereocenters. The topological polar surface area (TPSA) is 12.0 Å². The molecule has 2 aromatic rings. The molecule has 0 saturated carbocycles. The van der Waals surface area contributed by atoms with E-state index in [1.807, 2.05) is 0 Å². The molecule has 0 aliphatic rings. The summed E-state index contributed by atoms with van der Waals surface area (Å²) in [6.07, 6.45) is 0. The Labute approximate surface area is 107 Å². The largest absolute Gasteiger partial charge is 0.309 e. The molecule has 0 saturated heterocycles. The highest BCUT2D eigenvalue weighted by molar-refractivity contribution is 7.16. The van der Waals surface area contributed by atoms with Gasteiger partial charge in [-0.1, -0.05) is 23.7 Å². The van der Waals surface area contributed by atoms with Crippen LogP contribution >= 0.6 is 22.9 Å². The van der Waals surface area contributed by atoms with E-state index in [9.17, 15) is 8.78 Å². The molecule has 0 spiro atoms. The summed E-state index contributed by atoms with van der Waals surface area (Å²) in [6.45, 7) is 0. The fourth-order valence-corrected chi connectivity index (χ4v) is 2.87. The van der Waals surface area contributed by atoms with Crippen LogP contribution in [0.15, 0.2) is 30.3 Å². The Kier molecular flexibility index (Phi) is 3.76. The van der Waals surface area contributed by atoms with Crippen LogP contribution in [-0.4, -0.2) is 7.05 Å². The first-order chi connectivity index (χ1) is 8.13. The van der Waals surface area contributed by atoms with Crippen molar-refractivity contribution in [3.63, 3.8) is 0 Å². The second-order valence-corrected chi connectivity index (χ2v) is 5.25. The van der Waals surface area contributed by atoms with Crippen molar-refractivity contribution in [3.8, 4) is 0 Å². The predicted octanol–water partition coefficient (Wildman–Crippen LogP) is 3.99. The van der Waals surface area contributed by atoms with E-state index in [0.717, 1.165) is 10.9 Å². The molecule has 0 radical (unpaired) electrons. The maximum Gasteiger partial charge on any atom is 0.163 e. The predicted molar refractivity (Wildman–Crippen MR) is 66.6 cm³/mol. The Bertz CT molecular complexity index is 527. The van der Waals surface area contributed by atoms with Gasteiger partial charge in [-0.25, -0.2) is 8.78 Å². The van der Waals surface area contributed by atoms with Gasteiger partial charge in [0.05, 0.1) is 10.4 Å². The molecular weight excluding hydrogens is 264 g/mol. The third-order valence-electron chi connectivity index (χ3n) is 2.46. The Morgan fingerprint density at radius 2 is 2.00 bits per heavy atom. The molecule has 17 heavy (non-hydrogen) atoms. The lowest BCUT2D eigenvalue weighted by Gasteiger charge is -2.15. The van der Waals surface area contributed by atoms with E-state index in [0.29, 0.717) is 4.34 Å². The van der Waals surface area contributed by atoms with Crippen LogP contribution in [0.3, 0.4) is 0 Å². The van der Waals surface area contributed by atoms with E-state index >= 15 is 0 Å². The maximum atomic E-state index is 13.7. The van der Waals surface area contributed by atoms with E-state index in [1.165, 1.54) is 17.4 Å². The zero-order chi connectivity index (χ0) is 12.4. The van der Waals surface area contributed by atoms with E-state index in [2.05, 4.69) is 5.32 Å². The molecular formula is C12H10ClF2NS. The van der Waals surface area contributed by atoms with Gasteiger partial charge in [-0.3, -0.25) is 0 Å². The molecule has 1 N–H and O–H groups in total. The Morgan fingerprint density at radius 1 is 1.24 bits per heavy atom. The summed E-state index contributed by atoms with van der Waals surface area (Å²) < 4.78 is 27.5. The lowest BCUT2D eigenvalue weighted by Crippen LogP contribution is -2.18. The molecule has 1 unspecified atom stereocenters. The lowest BCUT2D eigenvalue weighted by molar-refractivity contribution is 0.488. The van der Waals surface area contributed by atoms with E-state index in [-0.39, 0.29) is 11.6 Å². The molecule has 1 aromatic carbocycles. The summed E-state index contributed by atoms with van der Waals surface area (Å²) in [5.74, 6) is -1.67. The number of hydrogen-bond acceptors (Lipinski definition) is 2. The van der Waals surface area contributed by atoms with Gasteiger partial charge < -0.3 is 5.32 Å². The van der Waals surface area contributed by atoms with Gasteiger partial charge >= 0.3 is 0 Å². The third kappa shape index (κ3) is 2.49. The first-order valence-corrected chi connectivity index (χ1v) is 6.19.